The highest BCUT2D eigenvalue weighted by Gasteiger charge is 2.52. The van der Waals surface area contributed by atoms with Crippen LogP contribution in [0.5, 0.6) is 0 Å². The Kier molecular flexibility index (Phi) is 4.52. The van der Waals surface area contributed by atoms with Gasteiger partial charge in [0.2, 0.25) is 5.91 Å². The van der Waals surface area contributed by atoms with Crippen LogP contribution in [-0.4, -0.2) is 73.3 Å². The quantitative estimate of drug-likeness (QED) is 0.691. The largest absolute Gasteiger partial charge is 0.396 e. The number of carbonyl (C=O) groups excluding carboxylic acids is 1. The lowest BCUT2D eigenvalue weighted by molar-refractivity contribution is -0.131. The summed E-state index contributed by atoms with van der Waals surface area (Å²) in [5.74, 6) is 0.334. The maximum atomic E-state index is 12.9. The number of aliphatic hydroxyl groups excluding tert-OH is 1. The summed E-state index contributed by atoms with van der Waals surface area (Å²) in [6, 6.07) is 7.86. The zero-order chi connectivity index (χ0) is 19.8. The van der Waals surface area contributed by atoms with Gasteiger partial charge in [-0.2, -0.15) is 5.10 Å². The summed E-state index contributed by atoms with van der Waals surface area (Å²) in [6.07, 6.45) is 7.10. The Morgan fingerprint density at radius 2 is 2.00 bits per heavy atom. The summed E-state index contributed by atoms with van der Waals surface area (Å²) in [7, 11) is 0. The van der Waals surface area contributed by atoms with Crippen molar-refractivity contribution >= 4 is 16.8 Å². The molecule has 2 unspecified atom stereocenters. The Balaban J connectivity index is 1.25. The summed E-state index contributed by atoms with van der Waals surface area (Å²) in [4.78, 5) is 25.3. The minimum absolute atomic E-state index is 0.0584. The Morgan fingerprint density at radius 3 is 2.76 bits per heavy atom. The number of carbonyl (C=O) groups is 1. The van der Waals surface area contributed by atoms with Gasteiger partial charge in [-0.15, -0.1) is 0 Å². The average Bonchev–Trinajstić information content (AvgIpc) is 3.38. The number of aliphatic hydroxyl groups is 1. The third kappa shape index (κ3) is 3.38. The Morgan fingerprint density at radius 1 is 1.17 bits per heavy atom. The molecule has 2 atom stereocenters. The fourth-order valence-electron chi connectivity index (χ4n) is 4.83. The molecule has 0 saturated carbocycles. The molecule has 1 aromatic carbocycles. The zero-order valence-corrected chi connectivity index (χ0v) is 16.2. The lowest BCUT2D eigenvalue weighted by atomic mass is 9.82. The van der Waals surface area contributed by atoms with Crippen LogP contribution < -0.4 is 0 Å². The highest BCUT2D eigenvalue weighted by molar-refractivity contribution is 5.80. The van der Waals surface area contributed by atoms with Crippen LogP contribution in [-0.2, 0) is 17.9 Å². The van der Waals surface area contributed by atoms with E-state index >= 15 is 0 Å². The number of likely N-dealkylation sites (tertiary alicyclic amines) is 2. The minimum atomic E-state index is -0.250. The monoisotopic (exact) mass is 392 g/mol. The number of hydrogen-bond acceptors (Lipinski definition) is 6. The van der Waals surface area contributed by atoms with Gasteiger partial charge in [-0.25, -0.2) is 9.97 Å². The van der Waals surface area contributed by atoms with E-state index in [2.05, 4.69) is 20.0 Å². The molecule has 0 bridgehead atoms. The van der Waals surface area contributed by atoms with Gasteiger partial charge < -0.3 is 10.0 Å². The van der Waals surface area contributed by atoms with E-state index in [1.54, 1.807) is 4.68 Å². The summed E-state index contributed by atoms with van der Waals surface area (Å²) >= 11 is 0. The van der Waals surface area contributed by atoms with Crippen molar-refractivity contribution < 1.29 is 9.90 Å². The first kappa shape index (κ1) is 18.2. The van der Waals surface area contributed by atoms with Gasteiger partial charge in [-0.1, -0.05) is 18.2 Å². The van der Waals surface area contributed by atoms with E-state index in [9.17, 15) is 9.90 Å². The van der Waals surface area contributed by atoms with Crippen molar-refractivity contribution in [1.82, 2.24) is 29.5 Å². The number of benzene rings is 1. The van der Waals surface area contributed by atoms with Crippen molar-refractivity contribution in [2.24, 2.45) is 11.3 Å². The third-order valence-corrected chi connectivity index (χ3v) is 6.28. The molecule has 1 N–H and O–H groups in total. The number of aromatic nitrogens is 4. The third-order valence-electron chi connectivity index (χ3n) is 6.28. The number of hydrogen-bond donors (Lipinski definition) is 1. The van der Waals surface area contributed by atoms with E-state index < -0.39 is 0 Å². The molecule has 0 aliphatic carbocycles. The standard InChI is InChI=1S/C21H24N6O2/c28-14-21-12-25(7-16-5-22-15-23-6-16)9-18(21)10-26(13-21)20(29)11-27-8-17-3-1-2-4-19(17)24-27/h1-6,8,15,18,28H,7,9-14H2. The first-order chi connectivity index (χ1) is 14.1. The molecule has 1 amide bonds. The molecule has 8 heteroatoms. The van der Waals surface area contributed by atoms with Crippen LogP contribution in [0.4, 0.5) is 0 Å². The van der Waals surface area contributed by atoms with Gasteiger partial charge in [0.05, 0.1) is 12.1 Å². The van der Waals surface area contributed by atoms with Gasteiger partial charge in [0.25, 0.3) is 0 Å². The van der Waals surface area contributed by atoms with E-state index in [0.29, 0.717) is 13.1 Å². The van der Waals surface area contributed by atoms with Gasteiger partial charge in [-0.05, 0) is 12.0 Å². The lowest BCUT2D eigenvalue weighted by Crippen LogP contribution is -2.39. The topological polar surface area (TPSA) is 87.4 Å². The molecule has 0 spiro atoms. The smallest absolute Gasteiger partial charge is 0.244 e. The first-order valence-electron chi connectivity index (χ1n) is 9.92. The van der Waals surface area contributed by atoms with Crippen LogP contribution in [0.1, 0.15) is 5.56 Å². The molecular weight excluding hydrogens is 368 g/mol. The normalized spacial score (nSPS) is 24.3. The fraction of sp³-hybridized carbons (Fsp3) is 0.429. The summed E-state index contributed by atoms with van der Waals surface area (Å²) in [5.41, 5.74) is 1.71. The zero-order valence-electron chi connectivity index (χ0n) is 16.2. The molecular formula is C21H24N6O2. The molecule has 0 radical (unpaired) electrons. The first-order valence-corrected chi connectivity index (χ1v) is 9.92. The van der Waals surface area contributed by atoms with Gasteiger partial charge in [0, 0.05) is 67.7 Å². The van der Waals surface area contributed by atoms with Gasteiger partial charge in [0.1, 0.15) is 12.9 Å². The maximum Gasteiger partial charge on any atom is 0.244 e. The lowest BCUT2D eigenvalue weighted by Gasteiger charge is -2.27. The van der Waals surface area contributed by atoms with Crippen LogP contribution in [0.25, 0.3) is 10.9 Å². The van der Waals surface area contributed by atoms with E-state index in [4.69, 9.17) is 0 Å². The van der Waals surface area contributed by atoms with E-state index in [-0.39, 0.29) is 30.4 Å². The van der Waals surface area contributed by atoms with Crippen LogP contribution in [0.3, 0.4) is 0 Å². The molecule has 2 saturated heterocycles. The molecule has 2 aliphatic rings. The minimum Gasteiger partial charge on any atom is -0.396 e. The molecule has 4 heterocycles. The van der Waals surface area contributed by atoms with Crippen molar-refractivity contribution in [2.45, 2.75) is 13.1 Å². The van der Waals surface area contributed by atoms with Crippen molar-refractivity contribution in [3.05, 3.63) is 54.7 Å². The van der Waals surface area contributed by atoms with Crippen molar-refractivity contribution in [2.75, 3.05) is 32.8 Å². The van der Waals surface area contributed by atoms with Gasteiger partial charge >= 0.3 is 0 Å². The van der Waals surface area contributed by atoms with E-state index in [0.717, 1.165) is 36.1 Å². The fourth-order valence-corrected chi connectivity index (χ4v) is 4.83. The van der Waals surface area contributed by atoms with Crippen molar-refractivity contribution in [3.63, 3.8) is 0 Å². The van der Waals surface area contributed by atoms with Gasteiger partial charge in [-0.3, -0.25) is 14.4 Å². The summed E-state index contributed by atoms with van der Waals surface area (Å²) in [5, 5.41) is 15.7. The van der Waals surface area contributed by atoms with Crippen molar-refractivity contribution in [3.8, 4) is 0 Å². The SMILES string of the molecule is O=C(Cn1cc2ccccc2n1)N1CC2CN(Cc3cncnc3)CC2(CO)C1. The number of amides is 1. The Bertz CT molecular complexity index is 989. The molecule has 29 heavy (non-hydrogen) atoms. The van der Waals surface area contributed by atoms with Crippen LogP contribution in [0.2, 0.25) is 0 Å². The second-order valence-corrected chi connectivity index (χ2v) is 8.29. The number of rotatable bonds is 5. The predicted octanol–water partition coefficient (Wildman–Crippen LogP) is 0.779. The van der Waals surface area contributed by atoms with Crippen molar-refractivity contribution in [1.29, 1.82) is 0 Å². The second kappa shape index (κ2) is 7.20. The number of nitrogens with zero attached hydrogens (tertiary/aromatic N) is 6. The Labute approximate surface area is 168 Å². The Hall–Kier alpha value is -2.84. The summed E-state index contributed by atoms with van der Waals surface area (Å²) in [6.45, 7) is 4.01. The molecule has 2 aromatic heterocycles. The second-order valence-electron chi connectivity index (χ2n) is 8.29. The van der Waals surface area contributed by atoms with Crippen LogP contribution in [0.15, 0.2) is 49.2 Å². The summed E-state index contributed by atoms with van der Waals surface area (Å²) < 4.78 is 1.72. The maximum absolute atomic E-state index is 12.9. The molecule has 8 nitrogen and oxygen atoms in total. The van der Waals surface area contributed by atoms with Gasteiger partial charge in [0.15, 0.2) is 0 Å². The van der Waals surface area contributed by atoms with Crippen LogP contribution >= 0.6 is 0 Å². The molecule has 2 aliphatic heterocycles. The molecule has 3 aromatic rings. The van der Waals surface area contributed by atoms with Crippen LogP contribution in [0, 0.1) is 11.3 Å². The molecule has 2 fully saturated rings. The predicted molar refractivity (Wildman–Crippen MR) is 107 cm³/mol. The molecule has 150 valence electrons. The van der Waals surface area contributed by atoms with E-state index in [1.165, 1.54) is 6.33 Å². The highest BCUT2D eigenvalue weighted by atomic mass is 16.3. The molecule has 5 rings (SSSR count). The van der Waals surface area contributed by atoms with E-state index in [1.807, 2.05) is 47.8 Å². The average molecular weight is 392 g/mol. The highest BCUT2D eigenvalue weighted by Crippen LogP contribution is 2.42. The number of fused-ring (bicyclic) bond motifs is 2.